The number of aliphatic carboxylic acids is 1. The summed E-state index contributed by atoms with van der Waals surface area (Å²) in [6.45, 7) is 7.97. The van der Waals surface area contributed by atoms with Gasteiger partial charge in [0.1, 0.15) is 6.61 Å². The molecule has 1 aliphatic rings. The van der Waals surface area contributed by atoms with Crippen LogP contribution in [0.5, 0.6) is 0 Å². The van der Waals surface area contributed by atoms with Crippen molar-refractivity contribution in [3.63, 3.8) is 0 Å². The predicted molar refractivity (Wildman–Crippen MR) is 67.2 cm³/mol. The van der Waals surface area contributed by atoms with E-state index >= 15 is 0 Å². The van der Waals surface area contributed by atoms with Crippen molar-refractivity contribution in [2.45, 2.75) is 58.1 Å². The van der Waals surface area contributed by atoms with Gasteiger partial charge >= 0.3 is 5.97 Å². The molecule has 1 aliphatic heterocycles. The SMILES string of the molecule is CCCCC(CC)N1CC(C)(OCC(=O)O)C1. The largest absolute Gasteiger partial charge is 0.480 e. The molecule has 0 bridgehead atoms. The Morgan fingerprint density at radius 3 is 2.59 bits per heavy atom. The number of carbonyl (C=O) groups is 1. The number of rotatable bonds is 8. The topological polar surface area (TPSA) is 49.8 Å². The average molecular weight is 243 g/mol. The first-order valence-electron chi connectivity index (χ1n) is 6.60. The molecule has 4 nitrogen and oxygen atoms in total. The van der Waals surface area contributed by atoms with Gasteiger partial charge in [-0.1, -0.05) is 26.7 Å². The van der Waals surface area contributed by atoms with Crippen molar-refractivity contribution in [1.29, 1.82) is 0 Å². The number of ether oxygens (including phenoxy) is 1. The average Bonchev–Trinajstić information content (AvgIpc) is 2.25. The maximum atomic E-state index is 10.5. The summed E-state index contributed by atoms with van der Waals surface area (Å²) in [7, 11) is 0. The molecule has 100 valence electrons. The van der Waals surface area contributed by atoms with Gasteiger partial charge in [0, 0.05) is 19.1 Å². The van der Waals surface area contributed by atoms with Gasteiger partial charge in [-0.15, -0.1) is 0 Å². The Morgan fingerprint density at radius 1 is 1.47 bits per heavy atom. The predicted octanol–water partition coefficient (Wildman–Crippen LogP) is 2.13. The van der Waals surface area contributed by atoms with Gasteiger partial charge in [-0.3, -0.25) is 4.90 Å². The smallest absolute Gasteiger partial charge is 0.329 e. The van der Waals surface area contributed by atoms with Crippen LogP contribution < -0.4 is 0 Å². The number of unbranched alkanes of at least 4 members (excludes halogenated alkanes) is 1. The minimum Gasteiger partial charge on any atom is -0.480 e. The van der Waals surface area contributed by atoms with Crippen molar-refractivity contribution in [1.82, 2.24) is 4.90 Å². The van der Waals surface area contributed by atoms with E-state index in [-0.39, 0.29) is 12.2 Å². The molecule has 0 spiro atoms. The number of likely N-dealkylation sites (tertiary alicyclic amines) is 1. The molecular weight excluding hydrogens is 218 g/mol. The highest BCUT2D eigenvalue weighted by Crippen LogP contribution is 2.29. The lowest BCUT2D eigenvalue weighted by Crippen LogP contribution is -2.64. The van der Waals surface area contributed by atoms with Crippen molar-refractivity contribution in [3.8, 4) is 0 Å². The van der Waals surface area contributed by atoms with Crippen LogP contribution in [0.2, 0.25) is 0 Å². The third-order valence-electron chi connectivity index (χ3n) is 3.50. The summed E-state index contributed by atoms with van der Waals surface area (Å²) in [5.74, 6) is -0.886. The van der Waals surface area contributed by atoms with Gasteiger partial charge < -0.3 is 9.84 Å². The third-order valence-corrected chi connectivity index (χ3v) is 3.50. The second kappa shape index (κ2) is 6.36. The number of nitrogens with zero attached hydrogens (tertiary/aromatic N) is 1. The van der Waals surface area contributed by atoms with E-state index in [1.807, 2.05) is 6.92 Å². The van der Waals surface area contributed by atoms with Crippen LogP contribution in [-0.2, 0) is 9.53 Å². The Balaban J connectivity index is 2.29. The third kappa shape index (κ3) is 4.28. The number of carboxylic acid groups (broad SMARTS) is 1. The molecule has 1 atom stereocenters. The van der Waals surface area contributed by atoms with Crippen molar-refractivity contribution in [2.75, 3.05) is 19.7 Å². The lowest BCUT2D eigenvalue weighted by Gasteiger charge is -2.51. The first-order chi connectivity index (χ1) is 8.00. The van der Waals surface area contributed by atoms with Crippen LogP contribution in [0.3, 0.4) is 0 Å². The van der Waals surface area contributed by atoms with Gasteiger partial charge in [0.15, 0.2) is 0 Å². The van der Waals surface area contributed by atoms with Crippen molar-refractivity contribution in [3.05, 3.63) is 0 Å². The summed E-state index contributed by atoms with van der Waals surface area (Å²) in [5.41, 5.74) is -0.252. The highest BCUT2D eigenvalue weighted by Gasteiger charge is 2.42. The van der Waals surface area contributed by atoms with E-state index in [1.165, 1.54) is 19.3 Å². The standard InChI is InChI=1S/C13H25NO3/c1-4-6-7-11(5-2)14-9-13(3,10-14)17-8-12(15)16/h11H,4-10H2,1-3H3,(H,15,16). The van der Waals surface area contributed by atoms with Gasteiger partial charge in [0.25, 0.3) is 0 Å². The van der Waals surface area contributed by atoms with Gasteiger partial charge in [0.05, 0.1) is 5.60 Å². The molecule has 1 rings (SSSR count). The summed E-state index contributed by atoms with van der Waals surface area (Å²) < 4.78 is 5.42. The summed E-state index contributed by atoms with van der Waals surface area (Å²) >= 11 is 0. The van der Waals surface area contributed by atoms with Crippen LogP contribution in [0.25, 0.3) is 0 Å². The van der Waals surface area contributed by atoms with E-state index in [0.29, 0.717) is 6.04 Å². The lowest BCUT2D eigenvalue weighted by molar-refractivity contribution is -0.170. The highest BCUT2D eigenvalue weighted by atomic mass is 16.5. The van der Waals surface area contributed by atoms with Gasteiger partial charge in [0.2, 0.25) is 0 Å². The van der Waals surface area contributed by atoms with Crippen LogP contribution >= 0.6 is 0 Å². The zero-order chi connectivity index (χ0) is 12.9. The van der Waals surface area contributed by atoms with Crippen LogP contribution in [0.15, 0.2) is 0 Å². The first kappa shape index (κ1) is 14.5. The second-order valence-electron chi connectivity index (χ2n) is 5.24. The maximum Gasteiger partial charge on any atom is 0.329 e. The second-order valence-corrected chi connectivity index (χ2v) is 5.24. The zero-order valence-electron chi connectivity index (χ0n) is 11.2. The fraction of sp³-hybridized carbons (Fsp3) is 0.923. The van der Waals surface area contributed by atoms with Crippen molar-refractivity contribution < 1.29 is 14.6 Å². The van der Waals surface area contributed by atoms with E-state index in [4.69, 9.17) is 9.84 Å². The molecule has 0 amide bonds. The molecule has 0 aromatic carbocycles. The summed E-state index contributed by atoms with van der Waals surface area (Å²) in [6.07, 6.45) is 4.90. The Labute approximate surface area is 104 Å². The summed E-state index contributed by atoms with van der Waals surface area (Å²) in [4.78, 5) is 12.9. The van der Waals surface area contributed by atoms with E-state index in [1.54, 1.807) is 0 Å². The van der Waals surface area contributed by atoms with Crippen molar-refractivity contribution in [2.24, 2.45) is 0 Å². The monoisotopic (exact) mass is 243 g/mol. The maximum absolute atomic E-state index is 10.5. The van der Waals surface area contributed by atoms with E-state index in [0.717, 1.165) is 19.5 Å². The molecule has 0 aliphatic carbocycles. The quantitative estimate of drug-likeness (QED) is 0.709. The number of hydrogen-bond acceptors (Lipinski definition) is 3. The van der Waals surface area contributed by atoms with Crippen LogP contribution in [0.1, 0.15) is 46.5 Å². The lowest BCUT2D eigenvalue weighted by atomic mass is 9.91. The highest BCUT2D eigenvalue weighted by molar-refractivity contribution is 5.68. The summed E-state index contributed by atoms with van der Waals surface area (Å²) in [6, 6.07) is 0.636. The fourth-order valence-electron chi connectivity index (χ4n) is 2.48. The minimum absolute atomic E-state index is 0.184. The Morgan fingerprint density at radius 2 is 2.12 bits per heavy atom. The molecule has 0 saturated carbocycles. The molecular formula is C13H25NO3. The van der Waals surface area contributed by atoms with Crippen molar-refractivity contribution >= 4 is 5.97 Å². The molecule has 1 fully saturated rings. The van der Waals surface area contributed by atoms with Gasteiger partial charge in [-0.25, -0.2) is 4.79 Å². The fourth-order valence-corrected chi connectivity index (χ4v) is 2.48. The molecule has 1 heterocycles. The normalized spacial score (nSPS) is 20.9. The summed E-state index contributed by atoms with van der Waals surface area (Å²) in [5, 5.41) is 8.60. The van der Waals surface area contributed by atoms with E-state index in [2.05, 4.69) is 18.7 Å². The molecule has 17 heavy (non-hydrogen) atoms. The van der Waals surface area contributed by atoms with Gasteiger partial charge in [-0.2, -0.15) is 0 Å². The molecule has 1 saturated heterocycles. The van der Waals surface area contributed by atoms with Crippen LogP contribution in [0, 0.1) is 0 Å². The Kier molecular flexibility index (Phi) is 5.40. The molecule has 4 heteroatoms. The van der Waals surface area contributed by atoms with Crippen LogP contribution in [-0.4, -0.2) is 47.3 Å². The van der Waals surface area contributed by atoms with Gasteiger partial charge in [-0.05, 0) is 19.8 Å². The first-order valence-corrected chi connectivity index (χ1v) is 6.60. The molecule has 0 aromatic heterocycles. The molecule has 1 N–H and O–H groups in total. The molecule has 0 aromatic rings. The number of hydrogen-bond donors (Lipinski definition) is 1. The Hall–Kier alpha value is -0.610. The minimum atomic E-state index is -0.886. The van der Waals surface area contributed by atoms with E-state index < -0.39 is 5.97 Å². The number of carboxylic acids is 1. The Bertz CT molecular complexity index is 249. The van der Waals surface area contributed by atoms with E-state index in [9.17, 15) is 4.79 Å². The van der Waals surface area contributed by atoms with Crippen LogP contribution in [0.4, 0.5) is 0 Å². The molecule has 0 radical (unpaired) electrons. The zero-order valence-corrected chi connectivity index (χ0v) is 11.2. The molecule has 1 unspecified atom stereocenters.